The molecular formula is C29H61N. The van der Waals surface area contributed by atoms with E-state index in [2.05, 4.69) is 27.7 Å². The van der Waals surface area contributed by atoms with Crippen molar-refractivity contribution in [1.29, 1.82) is 0 Å². The van der Waals surface area contributed by atoms with Gasteiger partial charge < -0.3 is 5.73 Å². The van der Waals surface area contributed by atoms with E-state index in [1.807, 2.05) is 0 Å². The topological polar surface area (TPSA) is 26.0 Å². The van der Waals surface area contributed by atoms with Crippen molar-refractivity contribution in [3.63, 3.8) is 0 Å². The number of unbranched alkanes of at least 4 members (excludes halogenated alkanes) is 18. The van der Waals surface area contributed by atoms with E-state index in [9.17, 15) is 0 Å². The van der Waals surface area contributed by atoms with Crippen LogP contribution in [0.3, 0.4) is 0 Å². The van der Waals surface area contributed by atoms with Gasteiger partial charge in [-0.05, 0) is 24.7 Å². The molecule has 0 aliphatic heterocycles. The second-order valence-electron chi connectivity index (χ2n) is 10.5. The summed E-state index contributed by atoms with van der Waals surface area (Å²) in [6.45, 7) is 9.37. The van der Waals surface area contributed by atoms with Crippen molar-refractivity contribution in [2.24, 2.45) is 11.1 Å². The molecule has 0 heterocycles. The number of nitrogens with two attached hydrogens (primary N) is 1. The highest BCUT2D eigenvalue weighted by molar-refractivity contribution is 4.84. The van der Waals surface area contributed by atoms with E-state index in [1.165, 1.54) is 141 Å². The molecule has 0 saturated carbocycles. The van der Waals surface area contributed by atoms with Gasteiger partial charge in [0.15, 0.2) is 0 Å². The van der Waals surface area contributed by atoms with Gasteiger partial charge in [-0.25, -0.2) is 0 Å². The van der Waals surface area contributed by atoms with Gasteiger partial charge in [-0.2, -0.15) is 0 Å². The molecule has 0 aromatic carbocycles. The molecule has 0 fully saturated rings. The Kier molecular flexibility index (Phi) is 22.1. The van der Waals surface area contributed by atoms with Crippen LogP contribution >= 0.6 is 0 Å². The van der Waals surface area contributed by atoms with E-state index < -0.39 is 0 Å². The second-order valence-corrected chi connectivity index (χ2v) is 10.5. The Balaban J connectivity index is 3.78. The first kappa shape index (κ1) is 30.0. The fourth-order valence-corrected chi connectivity index (χ4v) is 5.02. The van der Waals surface area contributed by atoms with Gasteiger partial charge in [0.25, 0.3) is 0 Å². The first-order valence-corrected chi connectivity index (χ1v) is 14.4. The van der Waals surface area contributed by atoms with E-state index >= 15 is 0 Å². The van der Waals surface area contributed by atoms with Crippen molar-refractivity contribution in [3.8, 4) is 0 Å². The molecule has 0 aromatic heterocycles. The summed E-state index contributed by atoms with van der Waals surface area (Å²) in [6.07, 6.45) is 32.4. The summed E-state index contributed by atoms with van der Waals surface area (Å²) in [5.74, 6) is 0. The van der Waals surface area contributed by atoms with Gasteiger partial charge in [-0.3, -0.25) is 0 Å². The lowest BCUT2D eigenvalue weighted by molar-refractivity contribution is 0.193. The van der Waals surface area contributed by atoms with Crippen LogP contribution in [0.1, 0.15) is 175 Å². The zero-order valence-electron chi connectivity index (χ0n) is 21.9. The Bertz CT molecular complexity index is 300. The summed E-state index contributed by atoms with van der Waals surface area (Å²) in [6, 6.07) is 0.384. The predicted molar refractivity (Wildman–Crippen MR) is 139 cm³/mol. The molecule has 1 nitrogen and oxygen atoms in total. The van der Waals surface area contributed by atoms with E-state index in [1.54, 1.807) is 0 Å². The molecule has 0 radical (unpaired) electrons. The third kappa shape index (κ3) is 17.6. The monoisotopic (exact) mass is 423 g/mol. The van der Waals surface area contributed by atoms with Gasteiger partial charge in [-0.15, -0.1) is 0 Å². The minimum absolute atomic E-state index is 0.370. The molecule has 30 heavy (non-hydrogen) atoms. The maximum Gasteiger partial charge on any atom is 0.00902 e. The van der Waals surface area contributed by atoms with Crippen LogP contribution in [0.25, 0.3) is 0 Å². The maximum absolute atomic E-state index is 6.59. The Labute approximate surface area is 192 Å². The largest absolute Gasteiger partial charge is 0.327 e. The molecule has 0 spiro atoms. The average Bonchev–Trinajstić information content (AvgIpc) is 2.75. The fraction of sp³-hybridized carbons (Fsp3) is 1.00. The van der Waals surface area contributed by atoms with E-state index in [4.69, 9.17) is 5.73 Å². The van der Waals surface area contributed by atoms with E-state index in [-0.39, 0.29) is 0 Å². The molecule has 0 saturated heterocycles. The zero-order valence-corrected chi connectivity index (χ0v) is 21.9. The molecule has 0 amide bonds. The minimum Gasteiger partial charge on any atom is -0.327 e. The van der Waals surface area contributed by atoms with Gasteiger partial charge in [0, 0.05) is 6.04 Å². The Morgan fingerprint density at radius 1 is 0.467 bits per heavy atom. The van der Waals surface area contributed by atoms with Crippen molar-refractivity contribution >= 4 is 0 Å². The van der Waals surface area contributed by atoms with Crippen LogP contribution in [-0.4, -0.2) is 6.04 Å². The zero-order chi connectivity index (χ0) is 22.3. The van der Waals surface area contributed by atoms with Gasteiger partial charge >= 0.3 is 0 Å². The van der Waals surface area contributed by atoms with Crippen LogP contribution in [-0.2, 0) is 0 Å². The highest BCUT2D eigenvalue weighted by Gasteiger charge is 2.29. The molecule has 0 aliphatic rings. The summed E-state index contributed by atoms with van der Waals surface area (Å²) >= 11 is 0. The lowest BCUT2D eigenvalue weighted by Gasteiger charge is -2.35. The summed E-state index contributed by atoms with van der Waals surface area (Å²) in [5, 5.41) is 0. The molecular weight excluding hydrogens is 362 g/mol. The molecule has 0 bridgehead atoms. The van der Waals surface area contributed by atoms with E-state index in [0.717, 1.165) is 6.42 Å². The molecule has 0 aromatic rings. The van der Waals surface area contributed by atoms with Gasteiger partial charge in [0.1, 0.15) is 0 Å². The predicted octanol–water partition coefficient (Wildman–Crippen LogP) is 10.4. The molecule has 2 N–H and O–H groups in total. The minimum atomic E-state index is 0.370. The number of hydrogen-bond donors (Lipinski definition) is 1. The fourth-order valence-electron chi connectivity index (χ4n) is 5.02. The highest BCUT2D eigenvalue weighted by atomic mass is 14.7. The normalized spacial score (nSPS) is 13.1. The SMILES string of the molecule is CCCCCCCCCCCCC(C)(CCCCCCCCCCCC)C(N)CC. The van der Waals surface area contributed by atoms with Crippen molar-refractivity contribution in [2.45, 2.75) is 181 Å². The molecule has 1 heteroatoms. The van der Waals surface area contributed by atoms with Crippen molar-refractivity contribution in [2.75, 3.05) is 0 Å². The second kappa shape index (κ2) is 22.2. The summed E-state index contributed by atoms with van der Waals surface area (Å²) in [5.41, 5.74) is 6.96. The third-order valence-electron chi connectivity index (χ3n) is 7.54. The van der Waals surface area contributed by atoms with Crippen LogP contribution < -0.4 is 5.73 Å². The quantitative estimate of drug-likeness (QED) is 0.153. The van der Waals surface area contributed by atoms with Gasteiger partial charge in [-0.1, -0.05) is 156 Å². The van der Waals surface area contributed by atoms with Crippen LogP contribution in [0.4, 0.5) is 0 Å². The summed E-state index contributed by atoms with van der Waals surface area (Å²) < 4.78 is 0. The van der Waals surface area contributed by atoms with Crippen LogP contribution in [0, 0.1) is 5.41 Å². The van der Waals surface area contributed by atoms with Crippen LogP contribution in [0.2, 0.25) is 0 Å². The Morgan fingerprint density at radius 2 is 0.733 bits per heavy atom. The van der Waals surface area contributed by atoms with Crippen LogP contribution in [0.5, 0.6) is 0 Å². The molecule has 0 aliphatic carbocycles. The highest BCUT2D eigenvalue weighted by Crippen LogP contribution is 2.35. The Hall–Kier alpha value is -0.0400. The smallest absolute Gasteiger partial charge is 0.00902 e. The number of rotatable bonds is 24. The lowest BCUT2D eigenvalue weighted by Crippen LogP contribution is -2.39. The first-order chi connectivity index (χ1) is 14.6. The third-order valence-corrected chi connectivity index (χ3v) is 7.54. The molecule has 0 rings (SSSR count). The molecule has 1 atom stereocenters. The molecule has 1 unspecified atom stereocenters. The standard InChI is InChI=1S/C29H61N/c1-5-8-10-12-14-16-18-20-22-24-26-29(4,28(30)7-3)27-25-23-21-19-17-15-13-11-9-6-2/h28H,5-27,30H2,1-4H3. The average molecular weight is 424 g/mol. The summed E-state index contributed by atoms with van der Waals surface area (Å²) in [7, 11) is 0. The van der Waals surface area contributed by atoms with Crippen molar-refractivity contribution < 1.29 is 0 Å². The van der Waals surface area contributed by atoms with E-state index in [0.29, 0.717) is 11.5 Å². The first-order valence-electron chi connectivity index (χ1n) is 14.4. The van der Waals surface area contributed by atoms with Gasteiger partial charge in [0.05, 0.1) is 0 Å². The van der Waals surface area contributed by atoms with Gasteiger partial charge in [0.2, 0.25) is 0 Å². The Morgan fingerprint density at radius 3 is 1.00 bits per heavy atom. The maximum atomic E-state index is 6.59. The van der Waals surface area contributed by atoms with Crippen molar-refractivity contribution in [1.82, 2.24) is 0 Å². The summed E-state index contributed by atoms with van der Waals surface area (Å²) in [4.78, 5) is 0. The number of hydrogen-bond acceptors (Lipinski definition) is 1. The van der Waals surface area contributed by atoms with Crippen molar-refractivity contribution in [3.05, 3.63) is 0 Å². The van der Waals surface area contributed by atoms with Crippen LogP contribution in [0.15, 0.2) is 0 Å². The molecule has 182 valence electrons. The lowest BCUT2D eigenvalue weighted by atomic mass is 9.73.